The van der Waals surface area contributed by atoms with E-state index >= 15 is 0 Å². The van der Waals surface area contributed by atoms with Gasteiger partial charge < -0.3 is 9.84 Å². The summed E-state index contributed by atoms with van der Waals surface area (Å²) >= 11 is 0. The van der Waals surface area contributed by atoms with Crippen LogP contribution < -0.4 is 0 Å². The van der Waals surface area contributed by atoms with Crippen LogP contribution in [0.4, 0.5) is 0 Å². The summed E-state index contributed by atoms with van der Waals surface area (Å²) < 4.78 is 4.66. The number of aliphatic hydroxyl groups excluding tert-OH is 1. The predicted octanol–water partition coefficient (Wildman–Crippen LogP) is 1.35. The van der Waals surface area contributed by atoms with Gasteiger partial charge in [0.2, 0.25) is 0 Å². The van der Waals surface area contributed by atoms with Gasteiger partial charge in [-0.15, -0.1) is 0 Å². The van der Waals surface area contributed by atoms with Crippen molar-refractivity contribution in [1.82, 2.24) is 0 Å². The topological polar surface area (TPSA) is 46.5 Å². The molecule has 1 unspecified atom stereocenters. The van der Waals surface area contributed by atoms with E-state index in [4.69, 9.17) is 0 Å². The van der Waals surface area contributed by atoms with Crippen LogP contribution in [0.5, 0.6) is 0 Å². The first-order valence-corrected chi connectivity index (χ1v) is 4.31. The second kappa shape index (κ2) is 4.45. The van der Waals surface area contributed by atoms with Crippen LogP contribution in [-0.2, 0) is 9.53 Å². The minimum absolute atomic E-state index is 0.317. The Balaban J connectivity index is 4.69. The average molecular weight is 174 g/mol. The maximum Gasteiger partial charge on any atom is 0.314 e. The molecule has 0 aromatic heterocycles. The van der Waals surface area contributed by atoms with Gasteiger partial charge in [0, 0.05) is 0 Å². The first-order valence-electron chi connectivity index (χ1n) is 4.31. The van der Waals surface area contributed by atoms with E-state index in [-0.39, 0.29) is 5.97 Å². The minimum atomic E-state index is -0.714. The molecule has 0 aliphatic heterocycles. The number of methoxy groups -OCH3 is 1. The summed E-state index contributed by atoms with van der Waals surface area (Å²) in [6.07, 6.45) is 0.557. The molecule has 12 heavy (non-hydrogen) atoms. The smallest absolute Gasteiger partial charge is 0.314 e. The lowest BCUT2D eigenvalue weighted by Crippen LogP contribution is -2.40. The van der Waals surface area contributed by atoms with E-state index in [1.54, 1.807) is 6.92 Å². The molecule has 72 valence electrons. The molecule has 0 spiro atoms. The van der Waals surface area contributed by atoms with Crippen LogP contribution in [-0.4, -0.2) is 24.3 Å². The quantitative estimate of drug-likeness (QED) is 0.654. The maximum atomic E-state index is 11.4. The Morgan fingerprint density at radius 3 is 2.00 bits per heavy atom. The highest BCUT2D eigenvalue weighted by atomic mass is 16.5. The van der Waals surface area contributed by atoms with Gasteiger partial charge in [-0.05, 0) is 19.8 Å². The zero-order chi connectivity index (χ0) is 9.78. The lowest BCUT2D eigenvalue weighted by molar-refractivity contribution is -0.160. The Hall–Kier alpha value is -0.570. The lowest BCUT2D eigenvalue weighted by atomic mass is 9.78. The van der Waals surface area contributed by atoms with Crippen LogP contribution in [0, 0.1) is 5.41 Å². The van der Waals surface area contributed by atoms with Crippen LogP contribution in [0.25, 0.3) is 0 Å². The fraction of sp³-hybridized carbons (Fsp3) is 0.889. The highest BCUT2D eigenvalue weighted by Crippen LogP contribution is 2.31. The highest BCUT2D eigenvalue weighted by molar-refractivity contribution is 5.77. The third-order valence-electron chi connectivity index (χ3n) is 2.65. The Morgan fingerprint density at radius 2 is 1.92 bits per heavy atom. The molecule has 0 aromatic carbocycles. The average Bonchev–Trinajstić information content (AvgIpc) is 2.06. The predicted molar refractivity (Wildman–Crippen MR) is 46.7 cm³/mol. The maximum absolute atomic E-state index is 11.4. The van der Waals surface area contributed by atoms with Crippen LogP contribution in [0.3, 0.4) is 0 Å². The molecule has 0 heterocycles. The number of ether oxygens (including phenoxy) is 1. The molecule has 0 bridgehead atoms. The van der Waals surface area contributed by atoms with Gasteiger partial charge in [0.25, 0.3) is 0 Å². The summed E-state index contributed by atoms with van der Waals surface area (Å²) in [5, 5.41) is 9.46. The van der Waals surface area contributed by atoms with Gasteiger partial charge in [0.05, 0.1) is 18.6 Å². The summed E-state index contributed by atoms with van der Waals surface area (Å²) in [6, 6.07) is 0. The Bertz CT molecular complexity index is 148. The third kappa shape index (κ3) is 1.78. The molecule has 3 nitrogen and oxygen atoms in total. The van der Waals surface area contributed by atoms with Gasteiger partial charge in [-0.3, -0.25) is 4.79 Å². The van der Waals surface area contributed by atoms with Crippen molar-refractivity contribution in [3.63, 3.8) is 0 Å². The standard InChI is InChI=1S/C9H18O3/c1-5-9(6-2,7(3)10)8(11)12-4/h7,10H,5-6H2,1-4H3. The van der Waals surface area contributed by atoms with Gasteiger partial charge in [0.1, 0.15) is 0 Å². The third-order valence-corrected chi connectivity index (χ3v) is 2.65. The van der Waals surface area contributed by atoms with E-state index < -0.39 is 11.5 Å². The molecule has 0 saturated heterocycles. The fourth-order valence-electron chi connectivity index (χ4n) is 1.50. The van der Waals surface area contributed by atoms with Gasteiger partial charge in [-0.25, -0.2) is 0 Å². The van der Waals surface area contributed by atoms with Gasteiger partial charge in [-0.2, -0.15) is 0 Å². The van der Waals surface area contributed by atoms with E-state index in [1.807, 2.05) is 13.8 Å². The second-order valence-corrected chi connectivity index (χ2v) is 3.03. The van der Waals surface area contributed by atoms with Gasteiger partial charge in [-0.1, -0.05) is 13.8 Å². The Labute approximate surface area is 73.7 Å². The number of carbonyl (C=O) groups excluding carboxylic acids is 1. The molecular weight excluding hydrogens is 156 g/mol. The molecule has 0 saturated carbocycles. The van der Waals surface area contributed by atoms with Crippen molar-refractivity contribution >= 4 is 5.97 Å². The number of esters is 1. The van der Waals surface area contributed by atoms with Gasteiger partial charge >= 0.3 is 5.97 Å². The fourth-order valence-corrected chi connectivity index (χ4v) is 1.50. The molecule has 1 N–H and O–H groups in total. The number of hydrogen-bond donors (Lipinski definition) is 1. The van der Waals surface area contributed by atoms with Crippen molar-refractivity contribution in [1.29, 1.82) is 0 Å². The molecule has 0 amide bonds. The van der Waals surface area contributed by atoms with Crippen LogP contribution >= 0.6 is 0 Å². The second-order valence-electron chi connectivity index (χ2n) is 3.03. The molecule has 0 aliphatic rings. The number of rotatable bonds is 4. The van der Waals surface area contributed by atoms with Crippen LogP contribution in [0.15, 0.2) is 0 Å². The minimum Gasteiger partial charge on any atom is -0.469 e. The molecule has 1 atom stereocenters. The number of carbonyl (C=O) groups is 1. The van der Waals surface area contributed by atoms with Crippen molar-refractivity contribution in [2.45, 2.75) is 39.7 Å². The molecule has 0 radical (unpaired) electrons. The molecule has 0 fully saturated rings. The molecule has 3 heteroatoms. The number of aliphatic hydroxyl groups is 1. The lowest BCUT2D eigenvalue weighted by Gasteiger charge is -2.31. The molecular formula is C9H18O3. The van der Waals surface area contributed by atoms with Crippen molar-refractivity contribution in [2.24, 2.45) is 5.41 Å². The van der Waals surface area contributed by atoms with Crippen molar-refractivity contribution in [3.05, 3.63) is 0 Å². The van der Waals surface area contributed by atoms with E-state index in [1.165, 1.54) is 7.11 Å². The van der Waals surface area contributed by atoms with E-state index in [2.05, 4.69) is 4.74 Å². The van der Waals surface area contributed by atoms with Crippen molar-refractivity contribution < 1.29 is 14.6 Å². The van der Waals surface area contributed by atoms with Crippen LogP contribution in [0.1, 0.15) is 33.6 Å². The summed E-state index contributed by atoms with van der Waals surface area (Å²) in [6.45, 7) is 5.39. The monoisotopic (exact) mass is 174 g/mol. The summed E-state index contributed by atoms with van der Waals surface area (Å²) in [5.74, 6) is -0.317. The van der Waals surface area contributed by atoms with Gasteiger partial charge in [0.15, 0.2) is 0 Å². The molecule has 0 aliphatic carbocycles. The highest BCUT2D eigenvalue weighted by Gasteiger charge is 2.40. The largest absolute Gasteiger partial charge is 0.469 e. The SMILES string of the molecule is CCC(CC)(C(=O)OC)C(C)O. The first-order chi connectivity index (χ1) is 5.55. The zero-order valence-corrected chi connectivity index (χ0v) is 8.26. The van der Waals surface area contributed by atoms with E-state index in [0.29, 0.717) is 12.8 Å². The van der Waals surface area contributed by atoms with E-state index in [0.717, 1.165) is 0 Å². The summed E-state index contributed by atoms with van der Waals surface area (Å²) in [5.41, 5.74) is -0.714. The summed E-state index contributed by atoms with van der Waals surface area (Å²) in [7, 11) is 1.35. The normalized spacial score (nSPS) is 14.1. The Morgan fingerprint density at radius 1 is 1.50 bits per heavy atom. The van der Waals surface area contributed by atoms with Crippen LogP contribution in [0.2, 0.25) is 0 Å². The van der Waals surface area contributed by atoms with Crippen molar-refractivity contribution in [2.75, 3.05) is 7.11 Å². The number of hydrogen-bond acceptors (Lipinski definition) is 3. The van der Waals surface area contributed by atoms with E-state index in [9.17, 15) is 9.90 Å². The molecule has 0 rings (SSSR count). The van der Waals surface area contributed by atoms with Crippen molar-refractivity contribution in [3.8, 4) is 0 Å². The summed E-state index contributed by atoms with van der Waals surface area (Å²) in [4.78, 5) is 11.4. The molecule has 0 aromatic rings. The first kappa shape index (κ1) is 11.4. The zero-order valence-electron chi connectivity index (χ0n) is 8.26. The Kier molecular flexibility index (Phi) is 4.24.